The van der Waals surface area contributed by atoms with Gasteiger partial charge in [0.2, 0.25) is 5.91 Å². The molecule has 4 atom stereocenters. The van der Waals surface area contributed by atoms with Gasteiger partial charge < -0.3 is 15.4 Å². The number of hydrogen-bond donors (Lipinski definition) is 2. The highest BCUT2D eigenvalue weighted by atomic mass is 16.5. The summed E-state index contributed by atoms with van der Waals surface area (Å²) in [5.74, 6) is 0.718. The van der Waals surface area contributed by atoms with Crippen molar-refractivity contribution in [1.82, 2.24) is 10.6 Å². The summed E-state index contributed by atoms with van der Waals surface area (Å²) in [6.07, 6.45) is 7.75. The zero-order chi connectivity index (χ0) is 16.4. The van der Waals surface area contributed by atoms with Crippen molar-refractivity contribution in [3.63, 3.8) is 0 Å². The Bertz CT molecular complexity index is 544. The van der Waals surface area contributed by atoms with Crippen LogP contribution in [0, 0.1) is 5.92 Å². The van der Waals surface area contributed by atoms with E-state index in [1.165, 1.54) is 12.8 Å². The van der Waals surface area contributed by atoms with Gasteiger partial charge in [-0.25, -0.2) is 0 Å². The van der Waals surface area contributed by atoms with E-state index in [2.05, 4.69) is 22.8 Å². The van der Waals surface area contributed by atoms with Gasteiger partial charge in [-0.05, 0) is 50.0 Å². The van der Waals surface area contributed by atoms with Gasteiger partial charge in [-0.15, -0.1) is 0 Å². The van der Waals surface area contributed by atoms with Gasteiger partial charge in [0.05, 0.1) is 12.1 Å². The zero-order valence-electron chi connectivity index (χ0n) is 14.2. The Kier molecular flexibility index (Phi) is 4.86. The molecule has 4 nitrogen and oxygen atoms in total. The molecule has 0 spiro atoms. The molecule has 1 aromatic rings. The summed E-state index contributed by atoms with van der Waals surface area (Å²) in [6.45, 7) is 0.807. The molecule has 3 aliphatic rings. The summed E-state index contributed by atoms with van der Waals surface area (Å²) >= 11 is 0. The Hall–Kier alpha value is -1.39. The van der Waals surface area contributed by atoms with Crippen molar-refractivity contribution in [3.05, 3.63) is 35.9 Å². The maximum atomic E-state index is 12.7. The summed E-state index contributed by atoms with van der Waals surface area (Å²) in [7, 11) is 0. The van der Waals surface area contributed by atoms with E-state index in [1.807, 2.05) is 18.2 Å². The average molecular weight is 328 g/mol. The van der Waals surface area contributed by atoms with Crippen LogP contribution in [0.3, 0.4) is 0 Å². The number of rotatable bonds is 5. The monoisotopic (exact) mass is 328 g/mol. The third-order valence-electron chi connectivity index (χ3n) is 5.86. The molecule has 1 amide bonds. The Morgan fingerprint density at radius 1 is 1.17 bits per heavy atom. The lowest BCUT2D eigenvalue weighted by molar-refractivity contribution is -0.124. The molecule has 1 aromatic carbocycles. The number of carbonyl (C=O) groups excluding carboxylic acids is 1. The summed E-state index contributed by atoms with van der Waals surface area (Å²) in [5.41, 5.74) is 1.16. The van der Waals surface area contributed by atoms with E-state index in [-0.39, 0.29) is 18.1 Å². The Morgan fingerprint density at radius 3 is 2.58 bits per heavy atom. The fourth-order valence-corrected chi connectivity index (χ4v) is 4.75. The van der Waals surface area contributed by atoms with E-state index >= 15 is 0 Å². The SMILES string of the molecule is O=C(CC1CC2CCC(C1)N2)NC(c1ccccc1)C1CCCO1. The molecule has 0 saturated carbocycles. The Labute approximate surface area is 144 Å². The van der Waals surface area contributed by atoms with Crippen LogP contribution in [0.1, 0.15) is 56.6 Å². The van der Waals surface area contributed by atoms with Crippen molar-refractivity contribution in [2.75, 3.05) is 6.61 Å². The maximum Gasteiger partial charge on any atom is 0.220 e. The Morgan fingerprint density at radius 2 is 1.92 bits per heavy atom. The minimum Gasteiger partial charge on any atom is -0.376 e. The number of nitrogens with one attached hydrogen (secondary N) is 2. The number of hydrogen-bond acceptors (Lipinski definition) is 3. The first kappa shape index (κ1) is 16.1. The molecule has 3 saturated heterocycles. The van der Waals surface area contributed by atoms with Crippen LogP contribution in [0.5, 0.6) is 0 Å². The van der Waals surface area contributed by atoms with E-state index in [4.69, 9.17) is 4.74 Å². The highest BCUT2D eigenvalue weighted by molar-refractivity contribution is 5.76. The number of carbonyl (C=O) groups is 1. The van der Waals surface area contributed by atoms with Gasteiger partial charge in [0.1, 0.15) is 0 Å². The molecule has 0 aliphatic carbocycles. The van der Waals surface area contributed by atoms with Crippen molar-refractivity contribution in [3.8, 4) is 0 Å². The van der Waals surface area contributed by atoms with Gasteiger partial charge in [0.15, 0.2) is 0 Å². The normalized spacial score (nSPS) is 33.3. The van der Waals surface area contributed by atoms with Gasteiger partial charge in [-0.2, -0.15) is 0 Å². The number of benzene rings is 1. The second kappa shape index (κ2) is 7.24. The van der Waals surface area contributed by atoms with Crippen LogP contribution in [0.25, 0.3) is 0 Å². The fourth-order valence-electron chi connectivity index (χ4n) is 4.75. The number of amides is 1. The first-order valence-corrected chi connectivity index (χ1v) is 9.50. The molecule has 130 valence electrons. The standard InChI is InChI=1S/C20H28N2O2/c23-19(13-14-11-16-8-9-17(12-14)21-16)22-20(18-7-4-10-24-18)15-5-2-1-3-6-15/h1-3,5-6,14,16-18,20-21H,4,7-13H2,(H,22,23). The zero-order valence-corrected chi connectivity index (χ0v) is 14.2. The van der Waals surface area contributed by atoms with Crippen LogP contribution < -0.4 is 10.6 Å². The largest absolute Gasteiger partial charge is 0.376 e. The topological polar surface area (TPSA) is 50.4 Å². The highest BCUT2D eigenvalue weighted by Gasteiger charge is 2.35. The molecule has 4 heteroatoms. The van der Waals surface area contributed by atoms with E-state index in [9.17, 15) is 4.79 Å². The van der Waals surface area contributed by atoms with Crippen molar-refractivity contribution < 1.29 is 9.53 Å². The third-order valence-corrected chi connectivity index (χ3v) is 5.86. The smallest absolute Gasteiger partial charge is 0.220 e. The fraction of sp³-hybridized carbons (Fsp3) is 0.650. The molecular weight excluding hydrogens is 300 g/mol. The summed E-state index contributed by atoms with van der Waals surface area (Å²) in [6, 6.07) is 11.5. The molecule has 2 bridgehead atoms. The van der Waals surface area contributed by atoms with Gasteiger partial charge in [-0.1, -0.05) is 30.3 Å². The number of fused-ring (bicyclic) bond motifs is 2. The van der Waals surface area contributed by atoms with Gasteiger partial charge in [0.25, 0.3) is 0 Å². The molecular formula is C20H28N2O2. The lowest BCUT2D eigenvalue weighted by Crippen LogP contribution is -2.41. The second-order valence-electron chi connectivity index (χ2n) is 7.69. The van der Waals surface area contributed by atoms with E-state index in [1.54, 1.807) is 0 Å². The summed E-state index contributed by atoms with van der Waals surface area (Å²) < 4.78 is 5.88. The van der Waals surface area contributed by atoms with Crippen molar-refractivity contribution in [2.24, 2.45) is 5.92 Å². The van der Waals surface area contributed by atoms with Gasteiger partial charge >= 0.3 is 0 Å². The minimum absolute atomic E-state index is 0.0142. The van der Waals surface area contributed by atoms with Crippen molar-refractivity contribution >= 4 is 5.91 Å². The summed E-state index contributed by atoms with van der Waals surface area (Å²) in [5, 5.41) is 6.94. The predicted molar refractivity (Wildman–Crippen MR) is 93.6 cm³/mol. The Balaban J connectivity index is 1.39. The molecule has 4 unspecified atom stereocenters. The van der Waals surface area contributed by atoms with E-state index in [0.29, 0.717) is 24.4 Å². The molecule has 2 N–H and O–H groups in total. The molecule has 3 heterocycles. The molecule has 24 heavy (non-hydrogen) atoms. The molecule has 3 fully saturated rings. The van der Waals surface area contributed by atoms with Crippen LogP contribution in [-0.2, 0) is 9.53 Å². The third kappa shape index (κ3) is 3.65. The quantitative estimate of drug-likeness (QED) is 0.874. The first-order valence-electron chi connectivity index (χ1n) is 9.50. The van der Waals surface area contributed by atoms with Crippen LogP contribution in [0.15, 0.2) is 30.3 Å². The molecule has 4 rings (SSSR count). The van der Waals surface area contributed by atoms with Crippen LogP contribution >= 0.6 is 0 Å². The van der Waals surface area contributed by atoms with Gasteiger partial charge in [0, 0.05) is 25.1 Å². The molecule has 3 aliphatic heterocycles. The molecule has 0 aromatic heterocycles. The van der Waals surface area contributed by atoms with Crippen LogP contribution in [0.4, 0.5) is 0 Å². The summed E-state index contributed by atoms with van der Waals surface area (Å²) in [4.78, 5) is 12.7. The van der Waals surface area contributed by atoms with Crippen molar-refractivity contribution in [2.45, 2.75) is 69.2 Å². The van der Waals surface area contributed by atoms with Gasteiger partial charge in [-0.3, -0.25) is 4.79 Å². The maximum absolute atomic E-state index is 12.7. The highest BCUT2D eigenvalue weighted by Crippen LogP contribution is 2.33. The number of piperidine rings is 1. The van der Waals surface area contributed by atoms with E-state index in [0.717, 1.165) is 37.9 Å². The first-order chi connectivity index (χ1) is 11.8. The lowest BCUT2D eigenvalue weighted by atomic mass is 9.89. The molecule has 0 radical (unpaired) electrons. The average Bonchev–Trinajstić information content (AvgIpc) is 3.23. The number of ether oxygens (including phenoxy) is 1. The minimum atomic E-state index is -0.0142. The van der Waals surface area contributed by atoms with E-state index < -0.39 is 0 Å². The lowest BCUT2D eigenvalue weighted by Gasteiger charge is -2.30. The second-order valence-corrected chi connectivity index (χ2v) is 7.69. The van der Waals surface area contributed by atoms with Crippen LogP contribution in [0.2, 0.25) is 0 Å². The van der Waals surface area contributed by atoms with Crippen molar-refractivity contribution in [1.29, 1.82) is 0 Å². The van der Waals surface area contributed by atoms with Crippen LogP contribution in [-0.4, -0.2) is 30.7 Å². The predicted octanol–water partition coefficient (Wildman–Crippen LogP) is 2.94.